The summed E-state index contributed by atoms with van der Waals surface area (Å²) in [6.45, 7) is 0. The first-order valence-electron chi connectivity index (χ1n) is 2.20. The maximum absolute atomic E-state index is 5.53. The van der Waals surface area contributed by atoms with E-state index >= 15 is 0 Å². The highest BCUT2D eigenvalue weighted by molar-refractivity contribution is 6.68. The van der Waals surface area contributed by atoms with Crippen LogP contribution in [-0.4, -0.2) is 15.2 Å². The van der Waals surface area contributed by atoms with Crippen LogP contribution in [0.2, 0.25) is 0 Å². The molecular weight excluding hydrogens is 182 g/mol. The van der Waals surface area contributed by atoms with Crippen LogP contribution >= 0.6 is 35.0 Å². The van der Waals surface area contributed by atoms with Gasteiger partial charge in [-0.05, 0) is 6.08 Å². The molecule has 0 fully saturated rings. The molecule has 0 saturated carbocycles. The molecule has 1 atom stereocenters. The molecule has 9 heavy (non-hydrogen) atoms. The van der Waals surface area contributed by atoms with Gasteiger partial charge in [0.2, 0.25) is 5.62 Å². The summed E-state index contributed by atoms with van der Waals surface area (Å²) in [4.78, 5) is 3.72. The van der Waals surface area contributed by atoms with Gasteiger partial charge in [0.15, 0.2) is 0 Å². The van der Waals surface area contributed by atoms with Crippen LogP contribution in [-0.2, 0) is 0 Å². The van der Waals surface area contributed by atoms with Gasteiger partial charge in [-0.2, -0.15) is 0 Å². The van der Waals surface area contributed by atoms with E-state index in [2.05, 4.69) is 4.99 Å². The van der Waals surface area contributed by atoms with Gasteiger partial charge in [0.1, 0.15) is 5.17 Å². The molecule has 0 N–H and O–H groups in total. The fourth-order valence-corrected chi connectivity index (χ4v) is 0.873. The minimum Gasteiger partial charge on any atom is -0.254 e. The lowest BCUT2D eigenvalue weighted by Gasteiger charge is -2.16. The summed E-state index contributed by atoms with van der Waals surface area (Å²) in [5.74, 6) is 0. The van der Waals surface area contributed by atoms with Crippen LogP contribution in [0.5, 0.6) is 0 Å². The van der Waals surface area contributed by atoms with Crippen molar-refractivity contribution in [2.45, 2.75) is 5.62 Å². The SMILES string of the molecule is ClC1=NC(Cl)N(Cl)C=C1. The van der Waals surface area contributed by atoms with Gasteiger partial charge in [0.05, 0.1) is 0 Å². The Bertz CT molecular complexity index is 165. The Morgan fingerprint density at radius 2 is 2.33 bits per heavy atom. The van der Waals surface area contributed by atoms with E-state index in [0.717, 1.165) is 0 Å². The van der Waals surface area contributed by atoms with E-state index in [9.17, 15) is 0 Å². The third kappa shape index (κ3) is 1.75. The average molecular weight is 185 g/mol. The van der Waals surface area contributed by atoms with Gasteiger partial charge in [-0.1, -0.05) is 23.2 Å². The second kappa shape index (κ2) is 2.78. The Kier molecular flexibility index (Phi) is 2.22. The lowest BCUT2D eigenvalue weighted by Crippen LogP contribution is -2.17. The maximum Gasteiger partial charge on any atom is 0.212 e. The lowest BCUT2D eigenvalue weighted by molar-refractivity contribution is 0.564. The first-order chi connectivity index (χ1) is 4.20. The van der Waals surface area contributed by atoms with E-state index in [4.69, 9.17) is 35.0 Å². The Morgan fingerprint density at radius 1 is 1.67 bits per heavy atom. The second-order valence-corrected chi connectivity index (χ2v) is 2.59. The molecule has 0 amide bonds. The Hall–Kier alpha value is 0.0800. The van der Waals surface area contributed by atoms with Crippen molar-refractivity contribution in [3.05, 3.63) is 12.3 Å². The van der Waals surface area contributed by atoms with Gasteiger partial charge in [-0.15, -0.1) is 0 Å². The van der Waals surface area contributed by atoms with E-state index in [0.29, 0.717) is 5.17 Å². The predicted octanol–water partition coefficient (Wildman–Crippen LogP) is 2.13. The summed E-state index contributed by atoms with van der Waals surface area (Å²) >= 11 is 16.5. The smallest absolute Gasteiger partial charge is 0.212 e. The third-order valence-electron chi connectivity index (χ3n) is 0.788. The molecule has 0 aromatic carbocycles. The van der Waals surface area contributed by atoms with Crippen molar-refractivity contribution in [1.82, 2.24) is 4.42 Å². The Balaban J connectivity index is 2.70. The second-order valence-electron chi connectivity index (χ2n) is 1.42. The van der Waals surface area contributed by atoms with Gasteiger partial charge in [-0.3, -0.25) is 4.42 Å². The zero-order valence-electron chi connectivity index (χ0n) is 4.26. The summed E-state index contributed by atoms with van der Waals surface area (Å²) in [5.41, 5.74) is -0.579. The molecule has 0 saturated heterocycles. The highest BCUT2D eigenvalue weighted by Gasteiger charge is 2.11. The first kappa shape index (κ1) is 7.19. The van der Waals surface area contributed by atoms with Crippen molar-refractivity contribution in [3.8, 4) is 0 Å². The summed E-state index contributed by atoms with van der Waals surface area (Å²) in [5, 5.41) is 0.368. The number of nitrogens with zero attached hydrogens (tertiary/aromatic N) is 2. The molecule has 5 heteroatoms. The minimum atomic E-state index is -0.579. The van der Waals surface area contributed by atoms with E-state index in [1.165, 1.54) is 4.42 Å². The largest absolute Gasteiger partial charge is 0.254 e. The van der Waals surface area contributed by atoms with Gasteiger partial charge in [0, 0.05) is 18.0 Å². The van der Waals surface area contributed by atoms with E-state index in [1.807, 2.05) is 0 Å². The normalized spacial score (nSPS) is 26.3. The topological polar surface area (TPSA) is 15.6 Å². The summed E-state index contributed by atoms with van der Waals surface area (Å²) in [6.07, 6.45) is 3.11. The zero-order valence-corrected chi connectivity index (χ0v) is 6.53. The monoisotopic (exact) mass is 184 g/mol. The number of aliphatic imine (C=N–C) groups is 1. The fraction of sp³-hybridized carbons (Fsp3) is 0.250. The van der Waals surface area contributed by atoms with E-state index in [-0.39, 0.29) is 0 Å². The summed E-state index contributed by atoms with van der Waals surface area (Å²) in [7, 11) is 0. The fourth-order valence-electron chi connectivity index (χ4n) is 0.404. The standard InChI is InChI=1S/C4H3Cl3N2/c5-3-1-2-9(7)4(6)8-3/h1-2,4H. The molecule has 0 aliphatic carbocycles. The molecule has 1 heterocycles. The predicted molar refractivity (Wildman–Crippen MR) is 39.8 cm³/mol. The van der Waals surface area contributed by atoms with Crippen LogP contribution in [0, 0.1) is 0 Å². The highest BCUT2D eigenvalue weighted by atomic mass is 35.5. The molecule has 50 valence electrons. The summed E-state index contributed by atoms with van der Waals surface area (Å²) in [6, 6.07) is 0. The van der Waals surface area contributed by atoms with Crippen LogP contribution in [0.25, 0.3) is 0 Å². The molecule has 0 spiro atoms. The van der Waals surface area contributed by atoms with E-state index in [1.54, 1.807) is 12.3 Å². The quantitative estimate of drug-likeness (QED) is 0.321. The molecule has 0 radical (unpaired) electrons. The van der Waals surface area contributed by atoms with E-state index < -0.39 is 5.62 Å². The molecule has 0 bridgehead atoms. The maximum atomic E-state index is 5.53. The molecule has 0 aromatic rings. The van der Waals surface area contributed by atoms with Gasteiger partial charge in [0.25, 0.3) is 0 Å². The number of allylic oxidation sites excluding steroid dienone is 1. The zero-order chi connectivity index (χ0) is 6.85. The molecule has 1 rings (SSSR count). The lowest BCUT2D eigenvalue weighted by atomic mass is 10.6. The average Bonchev–Trinajstić information content (AvgIpc) is 1.80. The van der Waals surface area contributed by atoms with Gasteiger partial charge < -0.3 is 0 Å². The van der Waals surface area contributed by atoms with Crippen LogP contribution < -0.4 is 0 Å². The van der Waals surface area contributed by atoms with Gasteiger partial charge in [-0.25, -0.2) is 4.99 Å². The number of halogens is 3. The number of hydrogen-bond donors (Lipinski definition) is 0. The van der Waals surface area contributed by atoms with Crippen LogP contribution in [0.1, 0.15) is 0 Å². The van der Waals surface area contributed by atoms with Crippen LogP contribution in [0.3, 0.4) is 0 Å². The first-order valence-corrected chi connectivity index (χ1v) is 3.35. The van der Waals surface area contributed by atoms with Crippen LogP contribution in [0.15, 0.2) is 17.3 Å². The van der Waals surface area contributed by atoms with Crippen molar-refractivity contribution in [3.63, 3.8) is 0 Å². The summed E-state index contributed by atoms with van der Waals surface area (Å²) < 4.78 is 1.23. The van der Waals surface area contributed by atoms with Gasteiger partial charge >= 0.3 is 0 Å². The van der Waals surface area contributed by atoms with Crippen molar-refractivity contribution in [2.75, 3.05) is 0 Å². The van der Waals surface area contributed by atoms with Crippen molar-refractivity contribution in [1.29, 1.82) is 0 Å². The highest BCUT2D eigenvalue weighted by Crippen LogP contribution is 2.15. The molecule has 0 aromatic heterocycles. The van der Waals surface area contributed by atoms with Crippen molar-refractivity contribution >= 4 is 40.1 Å². The molecular formula is C4H3Cl3N2. The molecule has 1 aliphatic heterocycles. The molecule has 2 nitrogen and oxygen atoms in total. The molecule has 1 unspecified atom stereocenters. The molecule has 1 aliphatic rings. The number of alkyl halides is 1. The Morgan fingerprint density at radius 3 is 2.78 bits per heavy atom. The minimum absolute atomic E-state index is 0.368. The Labute approximate surface area is 67.8 Å². The third-order valence-corrected chi connectivity index (χ3v) is 1.72. The van der Waals surface area contributed by atoms with Crippen LogP contribution in [0.4, 0.5) is 0 Å². The number of rotatable bonds is 0. The van der Waals surface area contributed by atoms with Crippen molar-refractivity contribution < 1.29 is 0 Å². The van der Waals surface area contributed by atoms with Crippen molar-refractivity contribution in [2.24, 2.45) is 4.99 Å². The number of hydrogen-bond acceptors (Lipinski definition) is 2.